The molecule has 2 heteroatoms. The molecule has 0 aliphatic carbocycles. The summed E-state index contributed by atoms with van der Waals surface area (Å²) in [7, 11) is 0. The lowest BCUT2D eigenvalue weighted by Gasteiger charge is -2.18. The van der Waals surface area contributed by atoms with Gasteiger partial charge in [-0.3, -0.25) is 4.90 Å². The highest BCUT2D eigenvalue weighted by Crippen LogP contribution is 1.99. The Kier molecular flexibility index (Phi) is 8.64. The second kappa shape index (κ2) is 8.41. The summed E-state index contributed by atoms with van der Waals surface area (Å²) in [6, 6.07) is 0. The van der Waals surface area contributed by atoms with Crippen LogP contribution < -0.4 is 0 Å². The first-order chi connectivity index (χ1) is 5.35. The minimum atomic E-state index is 0.917. The molecule has 0 aliphatic rings. The molecule has 0 saturated carbocycles. The van der Waals surface area contributed by atoms with Crippen molar-refractivity contribution in [1.82, 2.24) is 4.90 Å². The van der Waals surface area contributed by atoms with Crippen LogP contribution in [0.2, 0.25) is 0 Å². The van der Waals surface area contributed by atoms with Crippen LogP contribution >= 0.6 is 12.6 Å². The maximum atomic E-state index is 4.29. The van der Waals surface area contributed by atoms with Crippen LogP contribution in [0.5, 0.6) is 0 Å². The molecule has 0 aromatic rings. The molecule has 0 amide bonds. The van der Waals surface area contributed by atoms with Gasteiger partial charge in [-0.25, -0.2) is 0 Å². The third-order valence-corrected chi connectivity index (χ3v) is 2.26. The van der Waals surface area contributed by atoms with E-state index in [2.05, 4.69) is 31.4 Å². The smallest absolute Gasteiger partial charge is 0.0414 e. The van der Waals surface area contributed by atoms with Gasteiger partial charge in [-0.15, -0.1) is 0 Å². The Morgan fingerprint density at radius 1 is 1.00 bits per heavy atom. The molecule has 0 bridgehead atoms. The van der Waals surface area contributed by atoms with Crippen LogP contribution in [0.3, 0.4) is 0 Å². The van der Waals surface area contributed by atoms with Gasteiger partial charge in [-0.1, -0.05) is 26.7 Å². The van der Waals surface area contributed by atoms with Crippen LogP contribution in [0.4, 0.5) is 0 Å². The van der Waals surface area contributed by atoms with Crippen LogP contribution in [-0.4, -0.2) is 23.9 Å². The van der Waals surface area contributed by atoms with Crippen LogP contribution in [0.1, 0.15) is 39.5 Å². The second-order valence-electron chi connectivity index (χ2n) is 2.97. The standard InChI is InChI=1S/C9H21NS/c1-3-5-7-10(9-11)8-6-4-2/h11H,3-9H2,1-2H3. The van der Waals surface area contributed by atoms with E-state index >= 15 is 0 Å². The number of rotatable bonds is 7. The van der Waals surface area contributed by atoms with E-state index in [4.69, 9.17) is 0 Å². The molecule has 68 valence electrons. The van der Waals surface area contributed by atoms with E-state index in [-0.39, 0.29) is 0 Å². The first-order valence-electron chi connectivity index (χ1n) is 4.68. The summed E-state index contributed by atoms with van der Waals surface area (Å²) in [5.74, 6) is 0.917. The lowest BCUT2D eigenvalue weighted by molar-refractivity contribution is 0.311. The molecule has 0 N–H and O–H groups in total. The van der Waals surface area contributed by atoms with Crippen molar-refractivity contribution in [2.75, 3.05) is 19.0 Å². The average Bonchev–Trinajstić information content (AvgIpc) is 2.05. The van der Waals surface area contributed by atoms with Gasteiger partial charge in [-0.05, 0) is 25.9 Å². The third kappa shape index (κ3) is 6.70. The van der Waals surface area contributed by atoms with Crippen LogP contribution in [0.15, 0.2) is 0 Å². The predicted octanol–water partition coefficient (Wildman–Crippen LogP) is 2.78. The molecular weight excluding hydrogens is 154 g/mol. The van der Waals surface area contributed by atoms with E-state index in [1.54, 1.807) is 0 Å². The lowest BCUT2D eigenvalue weighted by atomic mass is 10.3. The van der Waals surface area contributed by atoms with Crippen LogP contribution in [0, 0.1) is 0 Å². The summed E-state index contributed by atoms with van der Waals surface area (Å²) >= 11 is 4.29. The van der Waals surface area contributed by atoms with Crippen LogP contribution in [-0.2, 0) is 0 Å². The van der Waals surface area contributed by atoms with Gasteiger partial charge in [0.15, 0.2) is 0 Å². The van der Waals surface area contributed by atoms with Crippen molar-refractivity contribution >= 4 is 12.6 Å². The molecule has 0 spiro atoms. The van der Waals surface area contributed by atoms with Gasteiger partial charge in [0.2, 0.25) is 0 Å². The Morgan fingerprint density at radius 2 is 1.45 bits per heavy atom. The van der Waals surface area contributed by atoms with E-state index in [1.165, 1.54) is 38.8 Å². The minimum absolute atomic E-state index is 0.917. The summed E-state index contributed by atoms with van der Waals surface area (Å²) in [5, 5.41) is 0. The average molecular weight is 175 g/mol. The summed E-state index contributed by atoms with van der Waals surface area (Å²) in [4.78, 5) is 2.41. The Bertz CT molecular complexity index is 68.0. The number of hydrogen-bond donors (Lipinski definition) is 1. The quantitative estimate of drug-likeness (QED) is 0.460. The van der Waals surface area contributed by atoms with E-state index in [1.807, 2.05) is 0 Å². The molecule has 11 heavy (non-hydrogen) atoms. The fourth-order valence-corrected chi connectivity index (χ4v) is 1.30. The molecule has 0 saturated heterocycles. The van der Waals surface area contributed by atoms with Gasteiger partial charge in [0, 0.05) is 5.88 Å². The molecule has 0 aliphatic heterocycles. The van der Waals surface area contributed by atoms with Crippen molar-refractivity contribution in [2.45, 2.75) is 39.5 Å². The molecule has 0 fully saturated rings. The second-order valence-corrected chi connectivity index (χ2v) is 3.25. The number of thiol groups is 1. The van der Waals surface area contributed by atoms with Crippen molar-refractivity contribution < 1.29 is 0 Å². The minimum Gasteiger partial charge on any atom is -0.294 e. The van der Waals surface area contributed by atoms with Crippen molar-refractivity contribution in [2.24, 2.45) is 0 Å². The van der Waals surface area contributed by atoms with Crippen LogP contribution in [0.25, 0.3) is 0 Å². The Morgan fingerprint density at radius 3 is 1.73 bits per heavy atom. The zero-order valence-electron chi connectivity index (χ0n) is 7.84. The highest BCUT2D eigenvalue weighted by atomic mass is 32.1. The predicted molar refractivity (Wildman–Crippen MR) is 55.2 cm³/mol. The topological polar surface area (TPSA) is 3.24 Å². The maximum absolute atomic E-state index is 4.29. The number of nitrogens with zero attached hydrogens (tertiary/aromatic N) is 1. The van der Waals surface area contributed by atoms with E-state index in [0.717, 1.165) is 5.88 Å². The monoisotopic (exact) mass is 175 g/mol. The largest absolute Gasteiger partial charge is 0.294 e. The fraction of sp³-hybridized carbons (Fsp3) is 1.00. The van der Waals surface area contributed by atoms with E-state index in [0.29, 0.717) is 0 Å². The highest BCUT2D eigenvalue weighted by molar-refractivity contribution is 7.80. The summed E-state index contributed by atoms with van der Waals surface area (Å²) in [6.45, 7) is 6.91. The van der Waals surface area contributed by atoms with Gasteiger partial charge >= 0.3 is 0 Å². The molecule has 0 radical (unpaired) electrons. The summed E-state index contributed by atoms with van der Waals surface area (Å²) in [5.41, 5.74) is 0. The normalized spacial score (nSPS) is 10.9. The maximum Gasteiger partial charge on any atom is 0.0414 e. The first kappa shape index (κ1) is 11.3. The van der Waals surface area contributed by atoms with Crippen molar-refractivity contribution in [3.63, 3.8) is 0 Å². The zero-order valence-corrected chi connectivity index (χ0v) is 8.74. The van der Waals surface area contributed by atoms with Crippen molar-refractivity contribution in [1.29, 1.82) is 0 Å². The molecule has 0 aromatic carbocycles. The van der Waals surface area contributed by atoms with Gasteiger partial charge in [0.1, 0.15) is 0 Å². The van der Waals surface area contributed by atoms with Gasteiger partial charge in [-0.2, -0.15) is 12.6 Å². The van der Waals surface area contributed by atoms with E-state index in [9.17, 15) is 0 Å². The number of hydrogen-bond acceptors (Lipinski definition) is 2. The van der Waals surface area contributed by atoms with Gasteiger partial charge < -0.3 is 0 Å². The summed E-state index contributed by atoms with van der Waals surface area (Å²) < 4.78 is 0. The van der Waals surface area contributed by atoms with Gasteiger partial charge in [0.05, 0.1) is 0 Å². The highest BCUT2D eigenvalue weighted by Gasteiger charge is 1.99. The lowest BCUT2D eigenvalue weighted by Crippen LogP contribution is -2.24. The Labute approximate surface area is 76.6 Å². The molecule has 0 aromatic heterocycles. The van der Waals surface area contributed by atoms with Gasteiger partial charge in [0.25, 0.3) is 0 Å². The first-order valence-corrected chi connectivity index (χ1v) is 5.31. The zero-order chi connectivity index (χ0) is 8.53. The van der Waals surface area contributed by atoms with Crippen molar-refractivity contribution in [3.8, 4) is 0 Å². The Balaban J connectivity index is 3.25. The molecule has 0 atom stereocenters. The molecule has 0 unspecified atom stereocenters. The number of unbranched alkanes of at least 4 members (excludes halogenated alkanes) is 2. The molecule has 0 rings (SSSR count). The Hall–Kier alpha value is 0.310. The molecule has 0 heterocycles. The molecule has 1 nitrogen and oxygen atoms in total. The SMILES string of the molecule is CCCCN(CS)CCCC. The molecular formula is C9H21NS. The fourth-order valence-electron chi connectivity index (χ4n) is 1.02. The van der Waals surface area contributed by atoms with Crippen molar-refractivity contribution in [3.05, 3.63) is 0 Å². The summed E-state index contributed by atoms with van der Waals surface area (Å²) in [6.07, 6.45) is 5.20. The third-order valence-electron chi connectivity index (χ3n) is 1.86. The van der Waals surface area contributed by atoms with E-state index < -0.39 is 0 Å².